The highest BCUT2D eigenvalue weighted by atomic mass is 15.2. The Bertz CT molecular complexity index is 636. The third-order valence-electron chi connectivity index (χ3n) is 4.16. The fourth-order valence-electron chi connectivity index (χ4n) is 3.07. The fraction of sp³-hybridized carbons (Fsp3) is 0.500. The average Bonchev–Trinajstić information content (AvgIpc) is 2.55. The Morgan fingerprint density at radius 1 is 1.30 bits per heavy atom. The molecule has 3 N–H and O–H groups in total. The van der Waals surface area contributed by atoms with Crippen LogP contribution in [-0.2, 0) is 6.42 Å². The van der Waals surface area contributed by atoms with Crippen molar-refractivity contribution in [1.29, 1.82) is 0 Å². The van der Waals surface area contributed by atoms with Crippen molar-refractivity contribution in [1.82, 2.24) is 20.2 Å². The van der Waals surface area contributed by atoms with E-state index < -0.39 is 0 Å². The number of rotatable bonds is 4. The third kappa shape index (κ3) is 3.85. The lowest BCUT2D eigenvalue weighted by atomic mass is 9.93. The van der Waals surface area contributed by atoms with E-state index in [4.69, 9.17) is 5.73 Å². The second-order valence-corrected chi connectivity index (χ2v) is 6.02. The minimum atomic E-state index is 0.531. The molecule has 0 aliphatic carbocycles. The van der Waals surface area contributed by atoms with Crippen LogP contribution in [-0.4, -0.2) is 40.3 Å². The monoisotopic (exact) mass is 313 g/mol. The maximum absolute atomic E-state index is 5.85. The number of hydrogen-bond acceptors (Lipinski definition) is 7. The number of nitrogens with two attached hydrogens (primary N) is 1. The molecular weight excluding hydrogens is 290 g/mol. The van der Waals surface area contributed by atoms with Gasteiger partial charge in [0.25, 0.3) is 0 Å². The zero-order chi connectivity index (χ0) is 16.2. The van der Waals surface area contributed by atoms with Crippen molar-refractivity contribution in [2.75, 3.05) is 36.1 Å². The van der Waals surface area contributed by atoms with Crippen LogP contribution >= 0.6 is 0 Å². The zero-order valence-electron chi connectivity index (χ0n) is 13.7. The summed E-state index contributed by atoms with van der Waals surface area (Å²) in [6, 6.07) is 5.87. The molecule has 1 saturated heterocycles. The number of hydrogen-bond donors (Lipinski definition) is 2. The Balaban J connectivity index is 1.67. The van der Waals surface area contributed by atoms with Crippen molar-refractivity contribution in [3.05, 3.63) is 29.7 Å². The van der Waals surface area contributed by atoms with Gasteiger partial charge in [0.15, 0.2) is 0 Å². The highest BCUT2D eigenvalue weighted by Gasteiger charge is 2.22. The number of aromatic nitrogens is 4. The van der Waals surface area contributed by atoms with Gasteiger partial charge in [-0.15, -0.1) is 5.10 Å². The summed E-state index contributed by atoms with van der Waals surface area (Å²) in [5, 5.41) is 11.4. The van der Waals surface area contributed by atoms with Crippen molar-refractivity contribution in [3.8, 4) is 0 Å². The lowest BCUT2D eigenvalue weighted by Crippen LogP contribution is -2.37. The molecule has 23 heavy (non-hydrogen) atoms. The highest BCUT2D eigenvalue weighted by Crippen LogP contribution is 2.24. The molecule has 122 valence electrons. The van der Waals surface area contributed by atoms with E-state index in [1.807, 2.05) is 32.2 Å². The van der Waals surface area contributed by atoms with Crippen LogP contribution in [0.25, 0.3) is 0 Å². The fourth-order valence-corrected chi connectivity index (χ4v) is 3.07. The van der Waals surface area contributed by atoms with Crippen LogP contribution < -0.4 is 16.0 Å². The summed E-state index contributed by atoms with van der Waals surface area (Å²) >= 11 is 0. The summed E-state index contributed by atoms with van der Waals surface area (Å²) < 4.78 is 0. The molecule has 0 bridgehead atoms. The van der Waals surface area contributed by atoms with Crippen LogP contribution in [0.2, 0.25) is 0 Å². The van der Waals surface area contributed by atoms with E-state index in [9.17, 15) is 0 Å². The third-order valence-corrected chi connectivity index (χ3v) is 4.16. The largest absolute Gasteiger partial charge is 0.384 e. The van der Waals surface area contributed by atoms with Gasteiger partial charge in [-0.25, -0.2) is 9.97 Å². The number of nitrogen functional groups attached to an aromatic ring is 1. The first kappa shape index (κ1) is 15.5. The molecule has 0 aromatic carbocycles. The Kier molecular flexibility index (Phi) is 4.55. The Hall–Kier alpha value is -2.44. The first-order valence-electron chi connectivity index (χ1n) is 8.00. The molecule has 0 radical (unpaired) electrons. The number of piperidine rings is 1. The molecule has 0 unspecified atom stereocenters. The summed E-state index contributed by atoms with van der Waals surface area (Å²) in [5.74, 6) is 3.52. The smallest absolute Gasteiger partial charge is 0.148 e. The van der Waals surface area contributed by atoms with Crippen LogP contribution in [0.4, 0.5) is 17.5 Å². The molecule has 1 aliphatic rings. The van der Waals surface area contributed by atoms with Gasteiger partial charge in [0.05, 0.1) is 5.69 Å². The van der Waals surface area contributed by atoms with E-state index in [1.165, 1.54) is 6.42 Å². The summed E-state index contributed by atoms with van der Waals surface area (Å²) in [4.78, 5) is 11.0. The van der Waals surface area contributed by atoms with Gasteiger partial charge in [0.1, 0.15) is 23.3 Å². The van der Waals surface area contributed by atoms with Gasteiger partial charge < -0.3 is 16.0 Å². The Morgan fingerprint density at radius 2 is 2.17 bits per heavy atom. The maximum Gasteiger partial charge on any atom is 0.148 e. The molecule has 0 spiro atoms. The molecule has 3 rings (SSSR count). The summed E-state index contributed by atoms with van der Waals surface area (Å²) in [6.07, 6.45) is 3.29. The minimum Gasteiger partial charge on any atom is -0.384 e. The lowest BCUT2D eigenvalue weighted by Gasteiger charge is -2.33. The standard InChI is InChI=1S/C16H23N7/c1-11-19-14(17)9-16(20-11)23-7-3-4-12(10-23)8-13-5-6-15(18-2)22-21-13/h5-6,9,12H,3-4,7-8,10H2,1-2H3,(H,18,22)(H2,17,19,20)/t12-/m1/s1. The van der Waals surface area contributed by atoms with Gasteiger partial charge in [-0.3, -0.25) is 0 Å². The first-order chi connectivity index (χ1) is 11.1. The van der Waals surface area contributed by atoms with Crippen LogP contribution in [0.1, 0.15) is 24.4 Å². The van der Waals surface area contributed by atoms with Crippen LogP contribution in [0.15, 0.2) is 18.2 Å². The first-order valence-corrected chi connectivity index (χ1v) is 8.00. The molecule has 1 aliphatic heterocycles. The van der Waals surface area contributed by atoms with E-state index in [2.05, 4.69) is 30.4 Å². The normalized spacial score (nSPS) is 18.0. The van der Waals surface area contributed by atoms with E-state index in [-0.39, 0.29) is 0 Å². The van der Waals surface area contributed by atoms with Crippen molar-refractivity contribution in [2.45, 2.75) is 26.2 Å². The van der Waals surface area contributed by atoms with Gasteiger partial charge in [-0.1, -0.05) is 0 Å². The van der Waals surface area contributed by atoms with Crippen LogP contribution in [0, 0.1) is 12.8 Å². The SMILES string of the molecule is CNc1ccc(C[C@H]2CCCN(c3cc(N)nc(C)n3)C2)nn1. The zero-order valence-corrected chi connectivity index (χ0v) is 13.7. The molecule has 1 fully saturated rings. The number of anilines is 3. The number of nitrogens with zero attached hydrogens (tertiary/aromatic N) is 5. The van der Waals surface area contributed by atoms with Crippen LogP contribution in [0.5, 0.6) is 0 Å². The predicted molar refractivity (Wildman–Crippen MR) is 91.4 cm³/mol. The Morgan fingerprint density at radius 3 is 2.87 bits per heavy atom. The maximum atomic E-state index is 5.85. The number of aryl methyl sites for hydroxylation is 1. The summed E-state index contributed by atoms with van der Waals surface area (Å²) in [7, 11) is 1.85. The lowest BCUT2D eigenvalue weighted by molar-refractivity contribution is 0.407. The minimum absolute atomic E-state index is 0.531. The van der Waals surface area contributed by atoms with E-state index in [0.29, 0.717) is 11.7 Å². The summed E-state index contributed by atoms with van der Waals surface area (Å²) in [5.41, 5.74) is 6.89. The van der Waals surface area contributed by atoms with E-state index in [0.717, 1.165) is 49.1 Å². The van der Waals surface area contributed by atoms with Gasteiger partial charge >= 0.3 is 0 Å². The second kappa shape index (κ2) is 6.76. The average molecular weight is 313 g/mol. The molecular formula is C16H23N7. The molecule has 7 heteroatoms. The second-order valence-electron chi connectivity index (χ2n) is 6.02. The molecule has 1 atom stereocenters. The number of nitrogens with one attached hydrogen (secondary N) is 1. The molecule has 7 nitrogen and oxygen atoms in total. The van der Waals surface area contributed by atoms with E-state index in [1.54, 1.807) is 0 Å². The molecule has 2 aromatic rings. The quantitative estimate of drug-likeness (QED) is 0.886. The van der Waals surface area contributed by atoms with Crippen molar-refractivity contribution < 1.29 is 0 Å². The predicted octanol–water partition coefficient (Wildman–Crippen LogP) is 1.66. The molecule has 3 heterocycles. The van der Waals surface area contributed by atoms with Crippen molar-refractivity contribution in [2.24, 2.45) is 5.92 Å². The van der Waals surface area contributed by atoms with Crippen molar-refractivity contribution >= 4 is 17.5 Å². The highest BCUT2D eigenvalue weighted by molar-refractivity contribution is 5.47. The Labute approximate surface area is 136 Å². The van der Waals surface area contributed by atoms with Gasteiger partial charge in [0, 0.05) is 26.2 Å². The molecule has 2 aromatic heterocycles. The van der Waals surface area contributed by atoms with E-state index >= 15 is 0 Å². The van der Waals surface area contributed by atoms with Gasteiger partial charge in [-0.05, 0) is 44.2 Å². The van der Waals surface area contributed by atoms with Gasteiger partial charge in [0.2, 0.25) is 0 Å². The van der Waals surface area contributed by atoms with Crippen LogP contribution in [0.3, 0.4) is 0 Å². The van der Waals surface area contributed by atoms with Crippen molar-refractivity contribution in [3.63, 3.8) is 0 Å². The van der Waals surface area contributed by atoms with Gasteiger partial charge in [-0.2, -0.15) is 5.10 Å². The molecule has 0 amide bonds. The summed E-state index contributed by atoms with van der Waals surface area (Å²) in [6.45, 7) is 3.85. The topological polar surface area (TPSA) is 92.8 Å². The molecule has 0 saturated carbocycles.